The number of hydrogen-bond donors (Lipinski definition) is 1. The van der Waals surface area contributed by atoms with E-state index in [0.717, 1.165) is 49.8 Å². The Morgan fingerprint density at radius 3 is 2.33 bits per heavy atom. The second-order valence-electron chi connectivity index (χ2n) is 7.96. The number of benzene rings is 2. The lowest BCUT2D eigenvalue weighted by Gasteiger charge is -2.32. The third kappa shape index (κ3) is 3.22. The highest BCUT2D eigenvalue weighted by molar-refractivity contribution is 5.91. The standard InChI is InChI=1S/C23H26FNO2/c1-27-20-7-3-2-6-19(20)22(12-4-5-13-22)16-25-21(26)23(14-15-23)17-8-10-18(24)11-9-17/h2-3,6-11H,4-5,12-16H2,1H3,(H,25,26). The summed E-state index contributed by atoms with van der Waals surface area (Å²) in [5.41, 5.74) is 1.56. The fraction of sp³-hybridized carbons (Fsp3) is 0.435. The molecule has 0 radical (unpaired) electrons. The van der Waals surface area contributed by atoms with Crippen LogP contribution in [-0.2, 0) is 15.6 Å². The van der Waals surface area contributed by atoms with Crippen LogP contribution in [0.3, 0.4) is 0 Å². The molecule has 27 heavy (non-hydrogen) atoms. The molecule has 0 heterocycles. The Hall–Kier alpha value is -2.36. The molecule has 0 aliphatic heterocycles. The third-order valence-corrected chi connectivity index (χ3v) is 6.41. The maximum Gasteiger partial charge on any atom is 0.230 e. The Bertz CT molecular complexity index is 821. The molecular formula is C23H26FNO2. The van der Waals surface area contributed by atoms with E-state index in [1.807, 2.05) is 18.2 Å². The van der Waals surface area contributed by atoms with E-state index in [9.17, 15) is 9.18 Å². The Morgan fingerprint density at radius 1 is 1.04 bits per heavy atom. The van der Waals surface area contributed by atoms with Crippen LogP contribution in [0.4, 0.5) is 4.39 Å². The summed E-state index contributed by atoms with van der Waals surface area (Å²) in [6.45, 7) is 0.620. The molecule has 0 saturated heterocycles. The molecule has 2 aromatic rings. The van der Waals surface area contributed by atoms with Crippen molar-refractivity contribution in [2.24, 2.45) is 0 Å². The number of carbonyl (C=O) groups excluding carboxylic acids is 1. The van der Waals surface area contributed by atoms with Gasteiger partial charge in [0.2, 0.25) is 5.91 Å². The highest BCUT2D eigenvalue weighted by Gasteiger charge is 2.51. The third-order valence-electron chi connectivity index (χ3n) is 6.41. The van der Waals surface area contributed by atoms with E-state index < -0.39 is 5.41 Å². The first-order valence-corrected chi connectivity index (χ1v) is 9.78. The number of methoxy groups -OCH3 is 1. The molecule has 1 amide bonds. The minimum Gasteiger partial charge on any atom is -0.496 e. The van der Waals surface area contributed by atoms with Gasteiger partial charge in [0.1, 0.15) is 11.6 Å². The van der Waals surface area contributed by atoms with Gasteiger partial charge < -0.3 is 10.1 Å². The highest BCUT2D eigenvalue weighted by Crippen LogP contribution is 2.49. The zero-order chi connectivity index (χ0) is 18.9. The molecular weight excluding hydrogens is 341 g/mol. The largest absolute Gasteiger partial charge is 0.496 e. The topological polar surface area (TPSA) is 38.3 Å². The van der Waals surface area contributed by atoms with Crippen LogP contribution in [0.2, 0.25) is 0 Å². The fourth-order valence-electron chi connectivity index (χ4n) is 4.64. The highest BCUT2D eigenvalue weighted by atomic mass is 19.1. The fourth-order valence-corrected chi connectivity index (χ4v) is 4.64. The molecule has 3 nitrogen and oxygen atoms in total. The summed E-state index contributed by atoms with van der Waals surface area (Å²) < 4.78 is 18.8. The lowest BCUT2D eigenvalue weighted by molar-refractivity contribution is -0.123. The second-order valence-corrected chi connectivity index (χ2v) is 7.96. The van der Waals surface area contributed by atoms with E-state index in [0.29, 0.717) is 6.54 Å². The van der Waals surface area contributed by atoms with Crippen LogP contribution < -0.4 is 10.1 Å². The van der Waals surface area contributed by atoms with E-state index in [2.05, 4.69) is 11.4 Å². The molecule has 0 spiro atoms. The maximum atomic E-state index is 13.2. The summed E-state index contributed by atoms with van der Waals surface area (Å²) >= 11 is 0. The number of ether oxygens (including phenoxy) is 1. The van der Waals surface area contributed by atoms with Gasteiger partial charge in [-0.1, -0.05) is 43.2 Å². The molecule has 1 N–H and O–H groups in total. The van der Waals surface area contributed by atoms with Gasteiger partial charge in [0.25, 0.3) is 0 Å². The average Bonchev–Trinajstić information content (AvgIpc) is 3.38. The van der Waals surface area contributed by atoms with Gasteiger partial charge in [0.15, 0.2) is 0 Å². The van der Waals surface area contributed by atoms with Crippen LogP contribution in [0.1, 0.15) is 49.7 Å². The monoisotopic (exact) mass is 367 g/mol. The zero-order valence-electron chi connectivity index (χ0n) is 15.8. The molecule has 4 rings (SSSR count). The second kappa shape index (κ2) is 6.99. The SMILES string of the molecule is COc1ccccc1C1(CNC(=O)C2(c3ccc(F)cc3)CC2)CCCC1. The summed E-state index contributed by atoms with van der Waals surface area (Å²) in [6.07, 6.45) is 6.08. The van der Waals surface area contributed by atoms with E-state index >= 15 is 0 Å². The molecule has 0 unspecified atom stereocenters. The van der Waals surface area contributed by atoms with Gasteiger partial charge >= 0.3 is 0 Å². The van der Waals surface area contributed by atoms with E-state index in [-0.39, 0.29) is 17.1 Å². The predicted octanol–water partition coefficient (Wildman–Crippen LogP) is 4.49. The Kier molecular flexibility index (Phi) is 4.67. The summed E-state index contributed by atoms with van der Waals surface area (Å²) in [5.74, 6) is 0.694. The lowest BCUT2D eigenvalue weighted by Crippen LogP contribution is -2.43. The Labute approximate surface area is 159 Å². The van der Waals surface area contributed by atoms with Gasteiger partial charge in [0.05, 0.1) is 12.5 Å². The summed E-state index contributed by atoms with van der Waals surface area (Å²) in [6, 6.07) is 14.5. The minimum atomic E-state index is -0.478. The molecule has 2 aliphatic rings. The van der Waals surface area contributed by atoms with Gasteiger partial charge in [-0.25, -0.2) is 4.39 Å². The van der Waals surface area contributed by atoms with Crippen molar-refractivity contribution in [3.05, 3.63) is 65.5 Å². The van der Waals surface area contributed by atoms with E-state index in [4.69, 9.17) is 4.74 Å². The van der Waals surface area contributed by atoms with Crippen molar-refractivity contribution in [3.8, 4) is 5.75 Å². The number of halogens is 1. The number of carbonyl (C=O) groups is 1. The van der Waals surface area contributed by atoms with Gasteiger partial charge in [-0.05, 0) is 49.4 Å². The molecule has 2 aliphatic carbocycles. The quantitative estimate of drug-likeness (QED) is 0.817. The van der Waals surface area contributed by atoms with Gasteiger partial charge in [0, 0.05) is 17.5 Å². The molecule has 2 aromatic carbocycles. The average molecular weight is 367 g/mol. The van der Waals surface area contributed by atoms with Crippen LogP contribution >= 0.6 is 0 Å². The summed E-state index contributed by atoms with van der Waals surface area (Å²) in [7, 11) is 1.70. The van der Waals surface area contributed by atoms with Crippen molar-refractivity contribution in [2.75, 3.05) is 13.7 Å². The number of para-hydroxylation sites is 1. The molecule has 4 heteroatoms. The molecule has 2 fully saturated rings. The van der Waals surface area contributed by atoms with Crippen molar-refractivity contribution >= 4 is 5.91 Å². The normalized spacial score (nSPS) is 19.5. The molecule has 0 bridgehead atoms. The number of rotatable bonds is 6. The van der Waals surface area contributed by atoms with Crippen LogP contribution in [0.15, 0.2) is 48.5 Å². The molecule has 0 atom stereocenters. The first kappa shape index (κ1) is 18.0. The van der Waals surface area contributed by atoms with Gasteiger partial charge in [-0.3, -0.25) is 4.79 Å². The minimum absolute atomic E-state index is 0.0651. The first-order valence-electron chi connectivity index (χ1n) is 9.78. The van der Waals surface area contributed by atoms with Crippen LogP contribution in [0.5, 0.6) is 5.75 Å². The van der Waals surface area contributed by atoms with Crippen LogP contribution in [0.25, 0.3) is 0 Å². The number of nitrogens with one attached hydrogen (secondary N) is 1. The summed E-state index contributed by atoms with van der Waals surface area (Å²) in [4.78, 5) is 13.1. The van der Waals surface area contributed by atoms with Crippen molar-refractivity contribution in [2.45, 2.75) is 49.4 Å². The maximum absolute atomic E-state index is 13.2. The zero-order valence-corrected chi connectivity index (χ0v) is 15.8. The van der Waals surface area contributed by atoms with Gasteiger partial charge in [-0.15, -0.1) is 0 Å². The van der Waals surface area contributed by atoms with E-state index in [1.54, 1.807) is 19.2 Å². The smallest absolute Gasteiger partial charge is 0.230 e. The number of hydrogen-bond acceptors (Lipinski definition) is 2. The molecule has 2 saturated carbocycles. The Balaban J connectivity index is 1.54. The molecule has 142 valence electrons. The van der Waals surface area contributed by atoms with Crippen molar-refractivity contribution in [1.29, 1.82) is 0 Å². The first-order chi connectivity index (χ1) is 13.1. The molecule has 0 aromatic heterocycles. The summed E-state index contributed by atoms with van der Waals surface area (Å²) in [5, 5.41) is 3.24. The van der Waals surface area contributed by atoms with Gasteiger partial charge in [-0.2, -0.15) is 0 Å². The Morgan fingerprint density at radius 2 is 1.70 bits per heavy atom. The lowest BCUT2D eigenvalue weighted by atomic mass is 9.78. The van der Waals surface area contributed by atoms with Crippen molar-refractivity contribution in [1.82, 2.24) is 5.32 Å². The van der Waals surface area contributed by atoms with Crippen LogP contribution in [0, 0.1) is 5.82 Å². The predicted molar refractivity (Wildman–Crippen MR) is 103 cm³/mol. The van der Waals surface area contributed by atoms with Crippen LogP contribution in [-0.4, -0.2) is 19.6 Å². The van der Waals surface area contributed by atoms with Crippen molar-refractivity contribution < 1.29 is 13.9 Å². The number of amides is 1. The van der Waals surface area contributed by atoms with Crippen molar-refractivity contribution in [3.63, 3.8) is 0 Å². The van der Waals surface area contributed by atoms with E-state index in [1.165, 1.54) is 17.7 Å².